The van der Waals surface area contributed by atoms with E-state index >= 15 is 0 Å². The first-order valence-corrected chi connectivity index (χ1v) is 11.1. The molecular weight excluding hydrogens is 432 g/mol. The van der Waals surface area contributed by atoms with Crippen LogP contribution in [-0.4, -0.2) is 63.6 Å². The fraction of sp³-hybridized carbons (Fsp3) is 0.368. The summed E-state index contributed by atoms with van der Waals surface area (Å²) in [7, 11) is 0. The maximum atomic E-state index is 12.9. The largest absolute Gasteiger partial charge is 0.391 e. The molecule has 1 saturated carbocycles. The van der Waals surface area contributed by atoms with Crippen molar-refractivity contribution in [1.29, 1.82) is 0 Å². The molecule has 2 aliphatic rings. The highest BCUT2D eigenvalue weighted by Crippen LogP contribution is 2.39. The zero-order chi connectivity index (χ0) is 21.7. The van der Waals surface area contributed by atoms with E-state index in [0.29, 0.717) is 34.4 Å². The molecule has 0 aromatic carbocycles. The van der Waals surface area contributed by atoms with Gasteiger partial charge in [0.05, 0.1) is 6.10 Å². The molecule has 13 heteroatoms. The van der Waals surface area contributed by atoms with E-state index in [4.69, 9.17) is 0 Å². The molecule has 4 N–H and O–H groups in total. The quantitative estimate of drug-likeness (QED) is 0.341. The smallest absolute Gasteiger partial charge is 0.249 e. The number of amides is 1. The minimum absolute atomic E-state index is 0.249. The highest BCUT2D eigenvalue weighted by Gasteiger charge is 2.38. The van der Waals surface area contributed by atoms with Gasteiger partial charge in [0.15, 0.2) is 5.82 Å². The Morgan fingerprint density at radius 3 is 3.03 bits per heavy atom. The van der Waals surface area contributed by atoms with Gasteiger partial charge in [-0.2, -0.15) is 19.4 Å². The van der Waals surface area contributed by atoms with Crippen molar-refractivity contribution in [3.05, 3.63) is 36.4 Å². The Labute approximate surface area is 185 Å². The summed E-state index contributed by atoms with van der Waals surface area (Å²) in [4.78, 5) is 27.9. The summed E-state index contributed by atoms with van der Waals surface area (Å²) in [6, 6.07) is 5.09. The highest BCUT2D eigenvalue weighted by atomic mass is 32.1. The fourth-order valence-electron chi connectivity index (χ4n) is 3.95. The van der Waals surface area contributed by atoms with Crippen LogP contribution in [0.25, 0.3) is 5.65 Å². The Morgan fingerprint density at radius 1 is 1.31 bits per heavy atom. The Morgan fingerprint density at radius 2 is 2.22 bits per heavy atom. The first-order valence-electron chi connectivity index (χ1n) is 10.3. The molecular formula is C19H20N10O2S. The minimum Gasteiger partial charge on any atom is -0.391 e. The van der Waals surface area contributed by atoms with Gasteiger partial charge in [-0.15, -0.1) is 0 Å². The van der Waals surface area contributed by atoms with Gasteiger partial charge < -0.3 is 15.3 Å². The lowest BCUT2D eigenvalue weighted by atomic mass is 10.2. The SMILES string of the molecule is O=C(Nc1ncns1)[C@@H]1C[C@H](O)CN1c1nc(Nc2cc(C3CC3)[nH]n2)n2cccc2n1. The van der Waals surface area contributed by atoms with Crippen LogP contribution in [0.3, 0.4) is 0 Å². The number of aromatic amines is 1. The van der Waals surface area contributed by atoms with Crippen molar-refractivity contribution >= 4 is 45.9 Å². The Balaban J connectivity index is 1.31. The molecule has 2 fully saturated rings. The Hall–Kier alpha value is -3.58. The van der Waals surface area contributed by atoms with Crippen molar-refractivity contribution in [3.63, 3.8) is 0 Å². The third kappa shape index (κ3) is 3.54. The van der Waals surface area contributed by atoms with Crippen LogP contribution < -0.4 is 15.5 Å². The van der Waals surface area contributed by atoms with Gasteiger partial charge in [-0.3, -0.25) is 19.6 Å². The Bertz CT molecular complexity index is 1260. The minimum atomic E-state index is -0.671. The summed E-state index contributed by atoms with van der Waals surface area (Å²) in [5, 5.41) is 24.1. The lowest BCUT2D eigenvalue weighted by Crippen LogP contribution is -2.40. The normalized spacial score (nSPS) is 20.7. The molecule has 2 atom stereocenters. The third-order valence-corrected chi connectivity index (χ3v) is 6.24. The summed E-state index contributed by atoms with van der Waals surface area (Å²) < 4.78 is 5.72. The maximum absolute atomic E-state index is 12.9. The number of nitrogens with zero attached hydrogens (tertiary/aromatic N) is 7. The average molecular weight is 453 g/mol. The number of aliphatic hydroxyl groups is 1. The van der Waals surface area contributed by atoms with Gasteiger partial charge in [0.2, 0.25) is 22.9 Å². The molecule has 0 spiro atoms. The third-order valence-electron chi connectivity index (χ3n) is 5.66. The number of carbonyl (C=O) groups is 1. The number of hydrogen-bond donors (Lipinski definition) is 4. The van der Waals surface area contributed by atoms with Gasteiger partial charge in [0.25, 0.3) is 0 Å². The van der Waals surface area contributed by atoms with E-state index in [-0.39, 0.29) is 18.9 Å². The van der Waals surface area contributed by atoms with Crippen LogP contribution in [0.5, 0.6) is 0 Å². The zero-order valence-electron chi connectivity index (χ0n) is 16.8. The highest BCUT2D eigenvalue weighted by molar-refractivity contribution is 7.09. The second-order valence-corrected chi connectivity index (χ2v) is 8.76. The van der Waals surface area contributed by atoms with E-state index in [1.165, 1.54) is 19.2 Å². The standard InChI is InChI=1S/C19H20N10O2S/c30-11-6-13(16(31)24-19-20-9-21-32-19)29(8-11)18-23-15-2-1-5-28(15)17(25-18)22-14-7-12(26-27-14)10-3-4-10/h1-2,5,7,9-11,13,30H,3-4,6,8H2,(H,20,21,24,31)(H2,22,23,25,26,27)/t11-,13-/m0/s1. The van der Waals surface area contributed by atoms with Crippen LogP contribution in [0.2, 0.25) is 0 Å². The molecule has 0 bridgehead atoms. The first-order chi connectivity index (χ1) is 15.6. The van der Waals surface area contributed by atoms with Gasteiger partial charge in [0.1, 0.15) is 18.0 Å². The van der Waals surface area contributed by atoms with Crippen molar-refractivity contribution < 1.29 is 9.90 Å². The van der Waals surface area contributed by atoms with E-state index in [0.717, 1.165) is 17.2 Å². The van der Waals surface area contributed by atoms with Crippen LogP contribution in [0, 0.1) is 0 Å². The van der Waals surface area contributed by atoms with E-state index in [2.05, 4.69) is 40.2 Å². The van der Waals surface area contributed by atoms with Crippen LogP contribution in [-0.2, 0) is 4.79 Å². The number of aromatic nitrogens is 7. The van der Waals surface area contributed by atoms with E-state index < -0.39 is 12.1 Å². The summed E-state index contributed by atoms with van der Waals surface area (Å²) in [5.74, 6) is 1.81. The number of anilines is 4. The van der Waals surface area contributed by atoms with Gasteiger partial charge in [-0.1, -0.05) is 0 Å². The topological polar surface area (TPSA) is 149 Å². The molecule has 0 unspecified atom stereocenters. The summed E-state index contributed by atoms with van der Waals surface area (Å²) in [5.41, 5.74) is 1.78. The van der Waals surface area contributed by atoms with Crippen molar-refractivity contribution in [3.8, 4) is 0 Å². The molecule has 1 saturated heterocycles. The molecule has 32 heavy (non-hydrogen) atoms. The summed E-state index contributed by atoms with van der Waals surface area (Å²) in [6.45, 7) is 0.249. The van der Waals surface area contributed by atoms with Crippen molar-refractivity contribution in [2.75, 3.05) is 22.1 Å². The van der Waals surface area contributed by atoms with Gasteiger partial charge in [-0.25, -0.2) is 4.98 Å². The number of β-amino-alcohol motifs (C(OH)–C–C–N with tert-alkyl or cyclic N) is 1. The number of carbonyl (C=O) groups excluding carboxylic acids is 1. The van der Waals surface area contributed by atoms with E-state index in [1.54, 1.807) is 4.90 Å². The van der Waals surface area contributed by atoms with E-state index in [1.807, 2.05) is 28.8 Å². The van der Waals surface area contributed by atoms with Crippen LogP contribution in [0.15, 0.2) is 30.7 Å². The van der Waals surface area contributed by atoms with Crippen LogP contribution in [0.1, 0.15) is 30.9 Å². The molecule has 4 aromatic rings. The molecule has 1 amide bonds. The fourth-order valence-corrected chi connectivity index (χ4v) is 4.39. The maximum Gasteiger partial charge on any atom is 0.249 e. The molecule has 1 aliphatic carbocycles. The predicted molar refractivity (Wildman–Crippen MR) is 117 cm³/mol. The molecule has 5 heterocycles. The molecule has 164 valence electrons. The lowest BCUT2D eigenvalue weighted by Gasteiger charge is -2.23. The lowest BCUT2D eigenvalue weighted by molar-refractivity contribution is -0.117. The average Bonchev–Trinajstić information content (AvgIpc) is 3.21. The number of hydrogen-bond acceptors (Lipinski definition) is 10. The molecule has 4 aromatic heterocycles. The second kappa shape index (κ2) is 7.53. The predicted octanol–water partition coefficient (Wildman–Crippen LogP) is 1.50. The van der Waals surface area contributed by atoms with Gasteiger partial charge in [0, 0.05) is 48.4 Å². The van der Waals surface area contributed by atoms with Crippen LogP contribution >= 0.6 is 11.5 Å². The molecule has 6 rings (SSSR count). The monoisotopic (exact) mass is 452 g/mol. The number of fused-ring (bicyclic) bond motifs is 1. The molecule has 12 nitrogen and oxygen atoms in total. The molecule has 1 aliphatic heterocycles. The van der Waals surface area contributed by atoms with Crippen molar-refractivity contribution in [2.45, 2.75) is 37.3 Å². The summed E-state index contributed by atoms with van der Waals surface area (Å²) in [6.07, 6.45) is 5.20. The van der Waals surface area contributed by atoms with Crippen molar-refractivity contribution in [1.82, 2.24) is 33.9 Å². The molecule has 0 radical (unpaired) electrons. The first kappa shape index (κ1) is 19.1. The number of nitrogens with one attached hydrogen (secondary N) is 3. The number of aliphatic hydroxyl groups excluding tert-OH is 1. The van der Waals surface area contributed by atoms with Crippen molar-refractivity contribution in [2.24, 2.45) is 0 Å². The Kier molecular flexibility index (Phi) is 4.50. The number of H-pyrrole nitrogens is 1. The van der Waals surface area contributed by atoms with Gasteiger partial charge >= 0.3 is 0 Å². The zero-order valence-corrected chi connectivity index (χ0v) is 17.7. The second-order valence-electron chi connectivity index (χ2n) is 7.98. The van der Waals surface area contributed by atoms with Crippen LogP contribution in [0.4, 0.5) is 22.8 Å². The number of rotatable bonds is 6. The summed E-state index contributed by atoms with van der Waals surface area (Å²) >= 11 is 1.09. The van der Waals surface area contributed by atoms with E-state index in [9.17, 15) is 9.90 Å². The van der Waals surface area contributed by atoms with Gasteiger partial charge in [-0.05, 0) is 25.0 Å².